The van der Waals surface area contributed by atoms with Crippen LogP contribution in [0.2, 0.25) is 0 Å². The van der Waals surface area contributed by atoms with Crippen LogP contribution in [-0.2, 0) is 0 Å². The summed E-state index contributed by atoms with van der Waals surface area (Å²) in [5.74, 6) is 0.853. The Morgan fingerprint density at radius 1 is 0.583 bits per heavy atom. The van der Waals surface area contributed by atoms with E-state index < -0.39 is 0 Å². The molecule has 0 aliphatic rings. The van der Waals surface area contributed by atoms with E-state index in [0.717, 1.165) is 16.7 Å². The van der Waals surface area contributed by atoms with Crippen molar-refractivity contribution < 1.29 is 4.74 Å². The summed E-state index contributed by atoms with van der Waals surface area (Å²) >= 11 is 1.86. The minimum atomic E-state index is 0.853. The maximum atomic E-state index is 5.40. The molecule has 0 spiro atoms. The molecule has 0 bridgehead atoms. The Labute approximate surface area is 212 Å². The van der Waals surface area contributed by atoms with Crippen molar-refractivity contribution in [3.05, 3.63) is 103 Å². The Morgan fingerprint density at radius 2 is 1.08 bits per heavy atom. The van der Waals surface area contributed by atoms with Crippen LogP contribution >= 0.6 is 11.3 Å². The molecular weight excluding hydrogens is 460 g/mol. The van der Waals surface area contributed by atoms with Crippen LogP contribution in [0.25, 0.3) is 64.0 Å². The van der Waals surface area contributed by atoms with Crippen molar-refractivity contribution in [2.45, 2.75) is 6.92 Å². The number of nitrogens with zero attached hydrogens (tertiary/aromatic N) is 2. The predicted molar refractivity (Wildman–Crippen MR) is 152 cm³/mol. The fourth-order valence-electron chi connectivity index (χ4n) is 5.18. The first-order chi connectivity index (χ1) is 17.7. The van der Waals surface area contributed by atoms with E-state index in [-0.39, 0.29) is 0 Å². The maximum absolute atomic E-state index is 5.40. The van der Waals surface area contributed by atoms with Crippen molar-refractivity contribution in [3.63, 3.8) is 0 Å². The van der Waals surface area contributed by atoms with Gasteiger partial charge in [0.15, 0.2) is 0 Å². The molecule has 4 heteroatoms. The fraction of sp³-hybridized carbons (Fsp3) is 0.0625. The standard InChI is InChI=1S/C32H22N2OS/c1-19-3-5-20(6-4-19)25-15-27-28-16-26(21-7-9-22(35-2)10-8-21)30-18-34-14-12-24(30)32(28)36-31(27)23-11-13-33-17-29(23)25/h3-18H,1-2H3. The summed E-state index contributed by atoms with van der Waals surface area (Å²) in [6.07, 6.45) is 7.78. The second-order valence-electron chi connectivity index (χ2n) is 9.14. The minimum Gasteiger partial charge on any atom is -0.497 e. The summed E-state index contributed by atoms with van der Waals surface area (Å²) in [5, 5.41) is 7.36. The summed E-state index contributed by atoms with van der Waals surface area (Å²) in [4.78, 5) is 8.96. The van der Waals surface area contributed by atoms with Crippen LogP contribution in [0.5, 0.6) is 5.75 Å². The average molecular weight is 483 g/mol. The molecule has 7 rings (SSSR count). The Bertz CT molecular complexity index is 1920. The van der Waals surface area contributed by atoms with Crippen molar-refractivity contribution in [2.24, 2.45) is 0 Å². The van der Waals surface area contributed by atoms with E-state index in [1.807, 2.05) is 48.3 Å². The Hall–Kier alpha value is -4.28. The van der Waals surface area contributed by atoms with E-state index in [1.54, 1.807) is 7.11 Å². The summed E-state index contributed by atoms with van der Waals surface area (Å²) in [5.41, 5.74) is 6.01. The number of aryl methyl sites for hydroxylation is 1. The molecule has 0 atom stereocenters. The summed E-state index contributed by atoms with van der Waals surface area (Å²) in [7, 11) is 1.70. The number of pyridine rings is 2. The molecule has 3 heterocycles. The minimum absolute atomic E-state index is 0.853. The van der Waals surface area contributed by atoms with Crippen LogP contribution in [0, 0.1) is 6.92 Å². The Balaban J connectivity index is 1.61. The van der Waals surface area contributed by atoms with Crippen LogP contribution in [0.3, 0.4) is 0 Å². The second kappa shape index (κ2) is 8.14. The molecule has 0 fully saturated rings. The topological polar surface area (TPSA) is 35.0 Å². The van der Waals surface area contributed by atoms with Gasteiger partial charge in [-0.05, 0) is 65.6 Å². The second-order valence-corrected chi connectivity index (χ2v) is 10.2. The predicted octanol–water partition coefficient (Wildman–Crippen LogP) is 8.80. The molecule has 7 aromatic rings. The number of rotatable bonds is 3. The van der Waals surface area contributed by atoms with Gasteiger partial charge >= 0.3 is 0 Å². The van der Waals surface area contributed by atoms with Gasteiger partial charge < -0.3 is 4.74 Å². The molecular formula is C32H22N2OS. The molecule has 36 heavy (non-hydrogen) atoms. The monoisotopic (exact) mass is 482 g/mol. The lowest BCUT2D eigenvalue weighted by molar-refractivity contribution is 0.415. The molecule has 0 saturated heterocycles. The number of ether oxygens (including phenoxy) is 1. The van der Waals surface area contributed by atoms with Gasteiger partial charge in [0.05, 0.1) is 7.11 Å². The van der Waals surface area contributed by atoms with Crippen LogP contribution in [0.4, 0.5) is 0 Å². The summed E-state index contributed by atoms with van der Waals surface area (Å²) in [6, 6.07) is 26.0. The van der Waals surface area contributed by atoms with Crippen molar-refractivity contribution in [1.82, 2.24) is 9.97 Å². The number of methoxy groups -OCH3 is 1. The number of hydrogen-bond donors (Lipinski definition) is 0. The SMILES string of the molecule is COc1ccc(-c2cc3c4cc(-c5ccc(C)cc5)c5cnccc5c4sc3c3ccncc23)cc1. The molecule has 3 aromatic heterocycles. The third-order valence-electron chi connectivity index (χ3n) is 7.04. The maximum Gasteiger partial charge on any atom is 0.118 e. The number of fused-ring (bicyclic) bond motifs is 7. The molecule has 4 aromatic carbocycles. The fourth-order valence-corrected chi connectivity index (χ4v) is 6.52. The number of benzene rings is 4. The zero-order valence-corrected chi connectivity index (χ0v) is 20.8. The van der Waals surface area contributed by atoms with Gasteiger partial charge in [0, 0.05) is 66.5 Å². The molecule has 172 valence electrons. The van der Waals surface area contributed by atoms with Gasteiger partial charge in [-0.1, -0.05) is 42.0 Å². The molecule has 0 aliphatic carbocycles. The third-order valence-corrected chi connectivity index (χ3v) is 8.32. The largest absolute Gasteiger partial charge is 0.497 e. The van der Waals surface area contributed by atoms with Gasteiger partial charge in [-0.25, -0.2) is 0 Å². The van der Waals surface area contributed by atoms with Gasteiger partial charge in [0.2, 0.25) is 0 Å². The third kappa shape index (κ3) is 3.19. The summed E-state index contributed by atoms with van der Waals surface area (Å²) in [6.45, 7) is 2.12. The first-order valence-electron chi connectivity index (χ1n) is 11.9. The molecule has 0 unspecified atom stereocenters. The van der Waals surface area contributed by atoms with Crippen molar-refractivity contribution in [2.75, 3.05) is 7.11 Å². The van der Waals surface area contributed by atoms with E-state index >= 15 is 0 Å². The van der Waals surface area contributed by atoms with E-state index in [9.17, 15) is 0 Å². The highest BCUT2D eigenvalue weighted by Crippen LogP contribution is 2.46. The van der Waals surface area contributed by atoms with Crippen LogP contribution < -0.4 is 4.74 Å². The average Bonchev–Trinajstić information content (AvgIpc) is 3.32. The molecule has 0 radical (unpaired) electrons. The highest BCUT2D eigenvalue weighted by Gasteiger charge is 2.17. The van der Waals surface area contributed by atoms with E-state index in [1.165, 1.54) is 58.6 Å². The van der Waals surface area contributed by atoms with Gasteiger partial charge in [-0.2, -0.15) is 0 Å². The van der Waals surface area contributed by atoms with E-state index in [0.29, 0.717) is 0 Å². The normalized spacial score (nSPS) is 11.6. The van der Waals surface area contributed by atoms with Crippen LogP contribution in [0.15, 0.2) is 97.6 Å². The zero-order valence-electron chi connectivity index (χ0n) is 19.9. The van der Waals surface area contributed by atoms with Crippen LogP contribution in [0.1, 0.15) is 5.56 Å². The van der Waals surface area contributed by atoms with E-state index in [2.05, 4.69) is 77.6 Å². The molecule has 0 N–H and O–H groups in total. The van der Waals surface area contributed by atoms with Crippen molar-refractivity contribution >= 4 is 53.1 Å². The van der Waals surface area contributed by atoms with E-state index in [4.69, 9.17) is 4.74 Å². The number of thiophene rings is 1. The highest BCUT2D eigenvalue weighted by atomic mass is 32.1. The Morgan fingerprint density at radius 3 is 1.58 bits per heavy atom. The van der Waals surface area contributed by atoms with Gasteiger partial charge in [0.1, 0.15) is 5.75 Å². The Kier molecular flexibility index (Phi) is 4.76. The zero-order chi connectivity index (χ0) is 24.2. The first-order valence-corrected chi connectivity index (χ1v) is 12.7. The lowest BCUT2D eigenvalue weighted by atomic mass is 9.93. The van der Waals surface area contributed by atoms with Gasteiger partial charge in [-0.3, -0.25) is 9.97 Å². The molecule has 0 saturated carbocycles. The number of aromatic nitrogens is 2. The quantitative estimate of drug-likeness (QED) is 0.252. The molecule has 3 nitrogen and oxygen atoms in total. The van der Waals surface area contributed by atoms with Gasteiger partial charge in [-0.15, -0.1) is 11.3 Å². The number of hydrogen-bond acceptors (Lipinski definition) is 4. The smallest absolute Gasteiger partial charge is 0.118 e. The van der Waals surface area contributed by atoms with Crippen molar-refractivity contribution in [3.8, 4) is 28.0 Å². The first kappa shape index (κ1) is 21.0. The van der Waals surface area contributed by atoms with Gasteiger partial charge in [0.25, 0.3) is 0 Å². The lowest BCUT2D eigenvalue weighted by Gasteiger charge is -2.10. The van der Waals surface area contributed by atoms with Crippen LogP contribution in [-0.4, -0.2) is 17.1 Å². The summed E-state index contributed by atoms with van der Waals surface area (Å²) < 4.78 is 7.98. The molecule has 0 aliphatic heterocycles. The highest BCUT2D eigenvalue weighted by molar-refractivity contribution is 7.27. The molecule has 0 amide bonds. The van der Waals surface area contributed by atoms with Crippen molar-refractivity contribution in [1.29, 1.82) is 0 Å². The lowest BCUT2D eigenvalue weighted by Crippen LogP contribution is -1.86.